The number of allylic oxidation sites excluding steroid dienone is 1. The van der Waals surface area contributed by atoms with Crippen LogP contribution in [0.25, 0.3) is 6.08 Å². The normalized spacial score (nSPS) is 18.0. The zero-order valence-corrected chi connectivity index (χ0v) is 7.73. The molecular formula is C10H11N3. The quantitative estimate of drug-likeness (QED) is 0.570. The first-order chi connectivity index (χ1) is 6.17. The zero-order valence-electron chi connectivity index (χ0n) is 7.73. The molecule has 0 unspecified atom stereocenters. The van der Waals surface area contributed by atoms with Gasteiger partial charge >= 0.3 is 0 Å². The predicted octanol–water partition coefficient (Wildman–Crippen LogP) is 0.430. The number of fused-ring (bicyclic) bond motifs is 1. The maximum absolute atomic E-state index is 4.22. The summed E-state index contributed by atoms with van der Waals surface area (Å²) < 4.78 is 0. The molecule has 0 bridgehead atoms. The molecule has 2 heterocycles. The molecule has 13 heavy (non-hydrogen) atoms. The van der Waals surface area contributed by atoms with Gasteiger partial charge in [-0.05, 0) is 6.08 Å². The Labute approximate surface area is 76.6 Å². The number of hydrogen-bond acceptors (Lipinski definition) is 3. The van der Waals surface area contributed by atoms with Gasteiger partial charge < -0.3 is 0 Å². The van der Waals surface area contributed by atoms with Gasteiger partial charge in [0.15, 0.2) is 5.49 Å². The van der Waals surface area contributed by atoms with Crippen molar-refractivity contribution in [1.29, 1.82) is 0 Å². The first-order valence-electron chi connectivity index (χ1n) is 4.23. The summed E-state index contributed by atoms with van der Waals surface area (Å²) in [5.41, 5.74) is 0.703. The molecule has 0 aliphatic carbocycles. The van der Waals surface area contributed by atoms with Crippen LogP contribution in [0.1, 0.15) is 13.8 Å². The average Bonchev–Trinajstić information content (AvgIpc) is 2.21. The Morgan fingerprint density at radius 1 is 1.15 bits per heavy atom. The third-order valence-electron chi connectivity index (χ3n) is 1.92. The summed E-state index contributed by atoms with van der Waals surface area (Å²) in [5, 5.41) is 0.859. The van der Waals surface area contributed by atoms with Gasteiger partial charge in [0, 0.05) is 24.0 Å². The van der Waals surface area contributed by atoms with Crippen LogP contribution in [0.2, 0.25) is 0 Å². The summed E-state index contributed by atoms with van der Waals surface area (Å²) in [6.45, 7) is 4.23. The van der Waals surface area contributed by atoms with Crippen molar-refractivity contribution in [3.63, 3.8) is 0 Å². The highest BCUT2D eigenvalue weighted by Gasteiger charge is 2.11. The van der Waals surface area contributed by atoms with E-state index in [0.717, 1.165) is 5.35 Å². The van der Waals surface area contributed by atoms with Crippen molar-refractivity contribution in [2.24, 2.45) is 10.4 Å². The molecule has 2 rings (SSSR count). The molecule has 0 saturated carbocycles. The third kappa shape index (κ3) is 1.64. The summed E-state index contributed by atoms with van der Waals surface area (Å²) >= 11 is 0. The minimum absolute atomic E-state index is 0.00475. The molecule has 0 fully saturated rings. The molecule has 1 aromatic rings. The summed E-state index contributed by atoms with van der Waals surface area (Å²) in [7, 11) is 0. The molecule has 0 spiro atoms. The second-order valence-corrected chi connectivity index (χ2v) is 3.68. The van der Waals surface area contributed by atoms with Crippen LogP contribution in [-0.4, -0.2) is 9.97 Å². The number of nitrogens with zero attached hydrogens (tertiary/aromatic N) is 3. The molecule has 0 atom stereocenters. The van der Waals surface area contributed by atoms with Crippen molar-refractivity contribution in [3.05, 3.63) is 35.5 Å². The molecule has 66 valence electrons. The first-order valence-corrected chi connectivity index (χ1v) is 4.23. The van der Waals surface area contributed by atoms with Crippen molar-refractivity contribution < 1.29 is 0 Å². The Morgan fingerprint density at radius 3 is 2.77 bits per heavy atom. The Balaban J connectivity index is 2.77. The Bertz CT molecular complexity index is 457. The van der Waals surface area contributed by atoms with Crippen molar-refractivity contribution in [3.8, 4) is 0 Å². The maximum Gasteiger partial charge on any atom is 0.177 e. The highest BCUT2D eigenvalue weighted by atomic mass is 14.9. The molecular weight excluding hydrogens is 162 g/mol. The Morgan fingerprint density at radius 2 is 1.92 bits per heavy atom. The summed E-state index contributed by atoms with van der Waals surface area (Å²) in [6.07, 6.45) is 9.24. The summed E-state index contributed by atoms with van der Waals surface area (Å²) in [4.78, 5) is 12.6. The fraction of sp³-hybridized carbons (Fsp3) is 0.300. The second-order valence-electron chi connectivity index (χ2n) is 3.68. The number of hydrogen-bond donors (Lipinski definition) is 0. The van der Waals surface area contributed by atoms with E-state index in [0.29, 0.717) is 5.49 Å². The van der Waals surface area contributed by atoms with Crippen molar-refractivity contribution in [1.82, 2.24) is 9.97 Å². The molecule has 1 aliphatic rings. The topological polar surface area (TPSA) is 38.1 Å². The molecule has 1 aromatic heterocycles. The van der Waals surface area contributed by atoms with Gasteiger partial charge in [0.05, 0.1) is 0 Å². The fourth-order valence-electron chi connectivity index (χ4n) is 1.24. The van der Waals surface area contributed by atoms with Crippen LogP contribution >= 0.6 is 0 Å². The van der Waals surface area contributed by atoms with E-state index in [9.17, 15) is 0 Å². The van der Waals surface area contributed by atoms with E-state index in [1.165, 1.54) is 0 Å². The van der Waals surface area contributed by atoms with Gasteiger partial charge in [-0.25, -0.2) is 9.98 Å². The molecule has 0 radical (unpaired) electrons. The van der Waals surface area contributed by atoms with Gasteiger partial charge in [-0.15, -0.1) is 0 Å². The lowest BCUT2D eigenvalue weighted by Gasteiger charge is -2.11. The van der Waals surface area contributed by atoms with E-state index in [4.69, 9.17) is 0 Å². The summed E-state index contributed by atoms with van der Waals surface area (Å²) in [5.74, 6) is 0. The van der Waals surface area contributed by atoms with Crippen molar-refractivity contribution in [2.45, 2.75) is 13.8 Å². The molecule has 0 amide bonds. The van der Waals surface area contributed by atoms with E-state index in [1.54, 1.807) is 18.6 Å². The van der Waals surface area contributed by atoms with E-state index in [2.05, 4.69) is 34.9 Å². The predicted molar refractivity (Wildman–Crippen MR) is 50.2 cm³/mol. The molecule has 1 aliphatic heterocycles. The zero-order chi connectivity index (χ0) is 9.31. The van der Waals surface area contributed by atoms with Crippen LogP contribution in [0, 0.1) is 5.41 Å². The minimum atomic E-state index is 0.00475. The van der Waals surface area contributed by atoms with E-state index >= 15 is 0 Å². The largest absolute Gasteiger partial charge is 0.252 e. The summed E-state index contributed by atoms with van der Waals surface area (Å²) in [6, 6.07) is 0. The van der Waals surface area contributed by atoms with E-state index < -0.39 is 0 Å². The molecule has 3 heteroatoms. The van der Waals surface area contributed by atoms with Crippen LogP contribution < -0.4 is 10.8 Å². The molecule has 0 N–H and O–H groups in total. The standard InChI is InChI=1S/C10H11N3/c1-10(2)3-4-12-9-8(7-10)11-5-6-13-9/h3-7H,1-2H3. The SMILES string of the molecule is CC1(C)C=CN=c2nccnc2=C1. The minimum Gasteiger partial charge on any atom is -0.252 e. The molecule has 0 aromatic carbocycles. The Kier molecular flexibility index (Phi) is 1.72. The fourth-order valence-corrected chi connectivity index (χ4v) is 1.24. The van der Waals surface area contributed by atoms with Gasteiger partial charge in [-0.3, -0.25) is 4.98 Å². The van der Waals surface area contributed by atoms with Crippen LogP contribution in [0.4, 0.5) is 0 Å². The van der Waals surface area contributed by atoms with Crippen LogP contribution in [0.3, 0.4) is 0 Å². The lowest BCUT2D eigenvalue weighted by atomic mass is 9.93. The van der Waals surface area contributed by atoms with Gasteiger partial charge in [-0.2, -0.15) is 0 Å². The van der Waals surface area contributed by atoms with Gasteiger partial charge in [-0.1, -0.05) is 19.9 Å². The van der Waals surface area contributed by atoms with Gasteiger partial charge in [0.1, 0.15) is 5.35 Å². The maximum atomic E-state index is 4.22. The first kappa shape index (κ1) is 8.10. The lowest BCUT2D eigenvalue weighted by Crippen LogP contribution is -2.31. The monoisotopic (exact) mass is 173 g/mol. The lowest BCUT2D eigenvalue weighted by molar-refractivity contribution is 0.667. The van der Waals surface area contributed by atoms with E-state index in [1.807, 2.05) is 6.08 Å². The van der Waals surface area contributed by atoms with Crippen molar-refractivity contribution >= 4 is 6.08 Å². The van der Waals surface area contributed by atoms with Gasteiger partial charge in [0.2, 0.25) is 0 Å². The second kappa shape index (κ2) is 2.76. The Hall–Kier alpha value is -1.51. The van der Waals surface area contributed by atoms with Crippen LogP contribution in [-0.2, 0) is 0 Å². The molecule has 0 saturated heterocycles. The number of rotatable bonds is 0. The molecule has 3 nitrogen and oxygen atoms in total. The highest BCUT2D eigenvalue weighted by Crippen LogP contribution is 2.18. The highest BCUT2D eigenvalue weighted by molar-refractivity contribution is 5.33. The third-order valence-corrected chi connectivity index (χ3v) is 1.92. The van der Waals surface area contributed by atoms with Crippen LogP contribution in [0.5, 0.6) is 0 Å². The van der Waals surface area contributed by atoms with Gasteiger partial charge in [0.25, 0.3) is 0 Å². The number of aromatic nitrogens is 2. The van der Waals surface area contributed by atoms with E-state index in [-0.39, 0.29) is 5.41 Å². The van der Waals surface area contributed by atoms with Crippen molar-refractivity contribution in [2.75, 3.05) is 0 Å². The average molecular weight is 173 g/mol. The van der Waals surface area contributed by atoms with Crippen LogP contribution in [0.15, 0.2) is 29.7 Å². The smallest absolute Gasteiger partial charge is 0.177 e.